The van der Waals surface area contributed by atoms with Crippen LogP contribution in [0.3, 0.4) is 0 Å². The molecule has 6 nitrogen and oxygen atoms in total. The molecule has 2 amide bonds. The Morgan fingerprint density at radius 1 is 1.31 bits per heavy atom. The van der Waals surface area contributed by atoms with E-state index in [1.54, 1.807) is 29.2 Å². The quantitative estimate of drug-likeness (QED) is 0.813. The summed E-state index contributed by atoms with van der Waals surface area (Å²) in [6.45, 7) is 2.47. The first-order valence-corrected chi connectivity index (χ1v) is 9.15. The highest BCUT2D eigenvalue weighted by atomic mass is 35.5. The second kappa shape index (κ2) is 7.47. The van der Waals surface area contributed by atoms with Gasteiger partial charge in [-0.15, -0.1) is 11.3 Å². The van der Waals surface area contributed by atoms with E-state index in [-0.39, 0.29) is 11.8 Å². The number of anilines is 1. The van der Waals surface area contributed by atoms with Gasteiger partial charge in [-0.05, 0) is 30.2 Å². The molecule has 1 N–H and O–H groups in total. The Hall–Kier alpha value is -2.38. The van der Waals surface area contributed by atoms with Gasteiger partial charge in [0.2, 0.25) is 5.91 Å². The Morgan fingerprint density at radius 3 is 2.73 bits per heavy atom. The summed E-state index contributed by atoms with van der Waals surface area (Å²) >= 11 is 7.23. The van der Waals surface area contributed by atoms with Gasteiger partial charge >= 0.3 is 5.97 Å². The summed E-state index contributed by atoms with van der Waals surface area (Å²) in [6.07, 6.45) is 0.545. The third-order valence-corrected chi connectivity index (χ3v) is 5.57. The van der Waals surface area contributed by atoms with Crippen LogP contribution in [0.15, 0.2) is 24.3 Å². The van der Waals surface area contributed by atoms with Crippen molar-refractivity contribution in [2.75, 3.05) is 19.0 Å². The molecule has 0 aliphatic carbocycles. The molecule has 0 bridgehead atoms. The van der Waals surface area contributed by atoms with Crippen LogP contribution in [0.25, 0.3) is 0 Å². The van der Waals surface area contributed by atoms with Gasteiger partial charge in [0, 0.05) is 28.9 Å². The van der Waals surface area contributed by atoms with Crippen molar-refractivity contribution in [3.05, 3.63) is 50.9 Å². The number of ether oxygens (including phenoxy) is 1. The summed E-state index contributed by atoms with van der Waals surface area (Å²) in [4.78, 5) is 39.1. The fraction of sp³-hybridized carbons (Fsp3) is 0.278. The van der Waals surface area contributed by atoms with Crippen LogP contribution in [0, 0.1) is 0 Å². The highest BCUT2D eigenvalue weighted by Crippen LogP contribution is 2.38. The van der Waals surface area contributed by atoms with Gasteiger partial charge in [-0.25, -0.2) is 4.79 Å². The largest absolute Gasteiger partial charge is 0.465 e. The van der Waals surface area contributed by atoms with Crippen LogP contribution in [-0.2, 0) is 22.5 Å². The molecule has 0 unspecified atom stereocenters. The van der Waals surface area contributed by atoms with Gasteiger partial charge in [-0.1, -0.05) is 17.7 Å². The zero-order valence-corrected chi connectivity index (χ0v) is 15.9. The van der Waals surface area contributed by atoms with Crippen LogP contribution in [0.4, 0.5) is 5.00 Å². The number of methoxy groups -OCH3 is 1. The first-order valence-electron chi connectivity index (χ1n) is 7.96. The highest BCUT2D eigenvalue weighted by molar-refractivity contribution is 7.17. The smallest absolute Gasteiger partial charge is 0.341 e. The molecule has 136 valence electrons. The summed E-state index contributed by atoms with van der Waals surface area (Å²) in [7, 11) is 1.31. The maximum atomic E-state index is 12.5. The number of nitrogens with zero attached hydrogens (tertiary/aromatic N) is 1. The zero-order chi connectivity index (χ0) is 18.8. The molecule has 1 aliphatic heterocycles. The number of halogens is 1. The lowest BCUT2D eigenvalue weighted by Crippen LogP contribution is -2.33. The van der Waals surface area contributed by atoms with E-state index in [9.17, 15) is 14.4 Å². The van der Waals surface area contributed by atoms with Crippen molar-refractivity contribution in [1.82, 2.24) is 4.90 Å². The summed E-state index contributed by atoms with van der Waals surface area (Å²) in [6, 6.07) is 6.56. The fourth-order valence-corrected chi connectivity index (χ4v) is 4.32. The molecule has 3 rings (SSSR count). The molecule has 2 heterocycles. The van der Waals surface area contributed by atoms with Crippen molar-refractivity contribution in [2.24, 2.45) is 0 Å². The number of fused-ring (bicyclic) bond motifs is 1. The Kier molecular flexibility index (Phi) is 5.29. The molecule has 1 aromatic heterocycles. The lowest BCUT2D eigenvalue weighted by atomic mass is 10.0. The van der Waals surface area contributed by atoms with Crippen molar-refractivity contribution < 1.29 is 19.1 Å². The fourth-order valence-electron chi connectivity index (χ4n) is 2.88. The number of thiophene rings is 1. The van der Waals surface area contributed by atoms with E-state index in [0.717, 1.165) is 10.4 Å². The molecule has 0 saturated heterocycles. The molecule has 8 heteroatoms. The average Bonchev–Trinajstić information content (AvgIpc) is 2.97. The molecular weight excluding hydrogens is 376 g/mol. The molecule has 0 fully saturated rings. The predicted molar refractivity (Wildman–Crippen MR) is 99.9 cm³/mol. The van der Waals surface area contributed by atoms with Gasteiger partial charge in [-0.2, -0.15) is 0 Å². The van der Waals surface area contributed by atoms with Gasteiger partial charge in [0.1, 0.15) is 5.00 Å². The van der Waals surface area contributed by atoms with E-state index >= 15 is 0 Å². The normalized spacial score (nSPS) is 13.1. The molecule has 2 aromatic rings. The first-order chi connectivity index (χ1) is 12.4. The van der Waals surface area contributed by atoms with Crippen molar-refractivity contribution in [3.8, 4) is 0 Å². The highest BCUT2D eigenvalue weighted by Gasteiger charge is 2.30. The van der Waals surface area contributed by atoms with E-state index in [0.29, 0.717) is 40.7 Å². The van der Waals surface area contributed by atoms with Crippen LogP contribution in [0.1, 0.15) is 38.1 Å². The Balaban J connectivity index is 1.95. The lowest BCUT2D eigenvalue weighted by molar-refractivity contribution is -0.129. The molecule has 26 heavy (non-hydrogen) atoms. The molecule has 1 aliphatic rings. The summed E-state index contributed by atoms with van der Waals surface area (Å²) in [5, 5.41) is 3.67. The summed E-state index contributed by atoms with van der Waals surface area (Å²) in [5.41, 5.74) is 1.59. The number of hydrogen-bond acceptors (Lipinski definition) is 5. The Labute approximate surface area is 159 Å². The zero-order valence-electron chi connectivity index (χ0n) is 14.3. The van der Waals surface area contributed by atoms with Crippen molar-refractivity contribution in [3.63, 3.8) is 0 Å². The summed E-state index contributed by atoms with van der Waals surface area (Å²) in [5.74, 6) is -0.881. The lowest BCUT2D eigenvalue weighted by Gasteiger charge is -2.25. The van der Waals surface area contributed by atoms with E-state index in [1.165, 1.54) is 25.4 Å². The first kappa shape index (κ1) is 18.4. The molecule has 0 radical (unpaired) electrons. The number of nitrogens with one attached hydrogen (secondary N) is 1. The van der Waals surface area contributed by atoms with Crippen molar-refractivity contribution in [2.45, 2.75) is 19.9 Å². The Morgan fingerprint density at radius 2 is 2.08 bits per heavy atom. The topological polar surface area (TPSA) is 75.7 Å². The average molecular weight is 393 g/mol. The maximum Gasteiger partial charge on any atom is 0.341 e. The number of hydrogen-bond donors (Lipinski definition) is 1. The minimum Gasteiger partial charge on any atom is -0.465 e. The molecule has 0 saturated carbocycles. The van der Waals surface area contributed by atoms with Gasteiger partial charge in [-0.3, -0.25) is 9.59 Å². The second-order valence-corrected chi connectivity index (χ2v) is 7.40. The van der Waals surface area contributed by atoms with Crippen LogP contribution < -0.4 is 5.32 Å². The van der Waals surface area contributed by atoms with Crippen LogP contribution >= 0.6 is 22.9 Å². The predicted octanol–water partition coefficient (Wildman–Crippen LogP) is 3.35. The maximum absolute atomic E-state index is 12.5. The SMILES string of the molecule is COC(=O)c1c(NC(=O)c2cccc(Cl)c2)sc2c1CCN(C(C)=O)C2. The molecular formula is C18H17ClN2O4S. The van der Waals surface area contributed by atoms with E-state index in [4.69, 9.17) is 16.3 Å². The standard InChI is InChI=1S/C18H17ClN2O4S/c1-10(22)21-7-6-13-14(9-21)26-17(15(13)18(24)25-2)20-16(23)11-4-3-5-12(19)8-11/h3-5,8H,6-7,9H2,1-2H3,(H,20,23). The summed E-state index contributed by atoms with van der Waals surface area (Å²) < 4.78 is 4.90. The third-order valence-electron chi connectivity index (χ3n) is 4.21. The number of rotatable bonds is 3. The van der Waals surface area contributed by atoms with Crippen molar-refractivity contribution >= 4 is 45.7 Å². The van der Waals surface area contributed by atoms with Gasteiger partial charge in [0.25, 0.3) is 5.91 Å². The number of carbonyl (C=O) groups excluding carboxylic acids is 3. The van der Waals surface area contributed by atoms with Gasteiger partial charge in [0.05, 0.1) is 19.2 Å². The van der Waals surface area contributed by atoms with Crippen LogP contribution in [0.5, 0.6) is 0 Å². The number of amides is 2. The van der Waals surface area contributed by atoms with E-state index < -0.39 is 5.97 Å². The molecule has 0 spiro atoms. The molecule has 0 atom stereocenters. The van der Waals surface area contributed by atoms with Crippen molar-refractivity contribution in [1.29, 1.82) is 0 Å². The monoisotopic (exact) mass is 392 g/mol. The van der Waals surface area contributed by atoms with Gasteiger partial charge in [0.15, 0.2) is 0 Å². The minimum absolute atomic E-state index is 0.0202. The minimum atomic E-state index is -0.500. The van der Waals surface area contributed by atoms with E-state index in [1.807, 2.05) is 0 Å². The van der Waals surface area contributed by atoms with E-state index in [2.05, 4.69) is 5.32 Å². The van der Waals surface area contributed by atoms with Crippen LogP contribution in [0.2, 0.25) is 5.02 Å². The van der Waals surface area contributed by atoms with Gasteiger partial charge < -0.3 is 15.0 Å². The van der Waals surface area contributed by atoms with Crippen LogP contribution in [-0.4, -0.2) is 36.3 Å². The third kappa shape index (κ3) is 3.59. The number of esters is 1. The Bertz CT molecular complexity index is 893. The number of carbonyl (C=O) groups is 3. The molecule has 1 aromatic carbocycles. The second-order valence-electron chi connectivity index (χ2n) is 5.85. The number of benzene rings is 1.